The Kier molecular flexibility index (Phi) is 4.61. The van der Waals surface area contributed by atoms with Crippen molar-refractivity contribution in [1.82, 2.24) is 4.90 Å². The van der Waals surface area contributed by atoms with E-state index in [0.717, 1.165) is 18.9 Å². The number of ketones is 1. The van der Waals surface area contributed by atoms with Crippen LogP contribution in [0.4, 0.5) is 0 Å². The van der Waals surface area contributed by atoms with Crippen molar-refractivity contribution in [1.29, 1.82) is 0 Å². The molecule has 2 fully saturated rings. The van der Waals surface area contributed by atoms with Gasteiger partial charge in [-0.25, -0.2) is 0 Å². The Morgan fingerprint density at radius 2 is 1.94 bits per heavy atom. The van der Waals surface area contributed by atoms with E-state index in [1.54, 1.807) is 0 Å². The lowest BCUT2D eigenvalue weighted by molar-refractivity contribution is -0.127. The summed E-state index contributed by atoms with van der Waals surface area (Å²) < 4.78 is 0. The fourth-order valence-corrected chi connectivity index (χ4v) is 3.47. The SMILES string of the molecule is CC1C(=O)CCN(CCCC2CCCC2)C1C. The third-order valence-corrected chi connectivity index (χ3v) is 4.99. The zero-order chi connectivity index (χ0) is 12.3. The molecule has 2 unspecified atom stereocenters. The van der Waals surface area contributed by atoms with Crippen LogP contribution < -0.4 is 0 Å². The van der Waals surface area contributed by atoms with E-state index in [-0.39, 0.29) is 5.92 Å². The first-order valence-corrected chi connectivity index (χ1v) is 7.45. The van der Waals surface area contributed by atoms with Gasteiger partial charge in [0.15, 0.2) is 0 Å². The highest BCUT2D eigenvalue weighted by Crippen LogP contribution is 2.29. The molecule has 0 N–H and O–H groups in total. The van der Waals surface area contributed by atoms with Crippen LogP contribution in [-0.4, -0.2) is 29.8 Å². The zero-order valence-corrected chi connectivity index (χ0v) is 11.5. The van der Waals surface area contributed by atoms with Crippen LogP contribution in [0.5, 0.6) is 0 Å². The quantitative estimate of drug-likeness (QED) is 0.748. The molecule has 0 bridgehead atoms. The van der Waals surface area contributed by atoms with E-state index in [2.05, 4.69) is 18.7 Å². The minimum atomic E-state index is 0.246. The van der Waals surface area contributed by atoms with Crippen molar-refractivity contribution < 1.29 is 4.79 Å². The smallest absolute Gasteiger partial charge is 0.138 e. The molecule has 17 heavy (non-hydrogen) atoms. The van der Waals surface area contributed by atoms with E-state index in [9.17, 15) is 4.79 Å². The van der Waals surface area contributed by atoms with Crippen molar-refractivity contribution in [2.45, 2.75) is 64.8 Å². The molecule has 0 spiro atoms. The molecule has 0 aromatic heterocycles. The first-order chi connectivity index (χ1) is 8.18. The number of Topliss-reactive ketones (excluding diaryl/α,β-unsaturated/α-hetero) is 1. The van der Waals surface area contributed by atoms with Gasteiger partial charge in [-0.3, -0.25) is 9.69 Å². The highest BCUT2D eigenvalue weighted by Gasteiger charge is 2.30. The van der Waals surface area contributed by atoms with E-state index < -0.39 is 0 Å². The molecular formula is C15H27NO. The monoisotopic (exact) mass is 237 g/mol. The lowest BCUT2D eigenvalue weighted by Crippen LogP contribution is -2.47. The maximum atomic E-state index is 11.6. The summed E-state index contributed by atoms with van der Waals surface area (Å²) in [4.78, 5) is 14.1. The first-order valence-electron chi connectivity index (χ1n) is 7.45. The van der Waals surface area contributed by atoms with Crippen LogP contribution in [0.15, 0.2) is 0 Å². The zero-order valence-electron chi connectivity index (χ0n) is 11.5. The largest absolute Gasteiger partial charge is 0.300 e. The molecule has 1 aliphatic carbocycles. The average Bonchev–Trinajstić information content (AvgIpc) is 2.82. The summed E-state index contributed by atoms with van der Waals surface area (Å²) in [6.45, 7) is 6.51. The van der Waals surface area contributed by atoms with Crippen LogP contribution in [0, 0.1) is 11.8 Å². The number of carbonyl (C=O) groups excluding carboxylic acids is 1. The number of rotatable bonds is 4. The maximum absolute atomic E-state index is 11.6. The second-order valence-electron chi connectivity index (χ2n) is 6.07. The highest BCUT2D eigenvalue weighted by atomic mass is 16.1. The van der Waals surface area contributed by atoms with Gasteiger partial charge in [0.2, 0.25) is 0 Å². The first kappa shape index (κ1) is 13.1. The second-order valence-corrected chi connectivity index (χ2v) is 6.07. The molecule has 2 rings (SSSR count). The summed E-state index contributed by atoms with van der Waals surface area (Å²) in [5, 5.41) is 0. The lowest BCUT2D eigenvalue weighted by Gasteiger charge is -2.37. The Labute approximate surface area is 106 Å². The lowest BCUT2D eigenvalue weighted by atomic mass is 9.90. The molecule has 2 heteroatoms. The Morgan fingerprint density at radius 1 is 1.24 bits per heavy atom. The van der Waals surface area contributed by atoms with Crippen molar-refractivity contribution in [2.75, 3.05) is 13.1 Å². The van der Waals surface area contributed by atoms with E-state index >= 15 is 0 Å². The summed E-state index contributed by atoms with van der Waals surface area (Å²) in [5.41, 5.74) is 0. The average molecular weight is 237 g/mol. The summed E-state index contributed by atoms with van der Waals surface area (Å²) in [5.74, 6) is 1.72. The second kappa shape index (κ2) is 5.99. The van der Waals surface area contributed by atoms with Gasteiger partial charge < -0.3 is 0 Å². The van der Waals surface area contributed by atoms with E-state index in [1.807, 2.05) is 0 Å². The summed E-state index contributed by atoms with van der Waals surface area (Å²) in [6.07, 6.45) is 9.35. The number of hydrogen-bond donors (Lipinski definition) is 0. The Hall–Kier alpha value is -0.370. The molecule has 2 nitrogen and oxygen atoms in total. The normalized spacial score (nSPS) is 32.2. The molecule has 1 saturated carbocycles. The number of piperidine rings is 1. The molecule has 2 aliphatic rings. The molecule has 0 amide bonds. The minimum absolute atomic E-state index is 0.246. The number of carbonyl (C=O) groups is 1. The Morgan fingerprint density at radius 3 is 2.65 bits per heavy atom. The van der Waals surface area contributed by atoms with Gasteiger partial charge in [0, 0.05) is 24.9 Å². The van der Waals surface area contributed by atoms with Crippen molar-refractivity contribution in [3.8, 4) is 0 Å². The molecule has 1 heterocycles. The third kappa shape index (κ3) is 3.31. The van der Waals surface area contributed by atoms with Gasteiger partial charge in [-0.05, 0) is 32.2 Å². The van der Waals surface area contributed by atoms with Crippen molar-refractivity contribution in [3.63, 3.8) is 0 Å². The molecule has 1 saturated heterocycles. The molecule has 0 aromatic rings. The molecule has 0 aromatic carbocycles. The van der Waals surface area contributed by atoms with Gasteiger partial charge in [-0.15, -0.1) is 0 Å². The van der Waals surface area contributed by atoms with Crippen molar-refractivity contribution in [2.24, 2.45) is 11.8 Å². The fraction of sp³-hybridized carbons (Fsp3) is 0.933. The molecule has 1 aliphatic heterocycles. The topological polar surface area (TPSA) is 20.3 Å². The van der Waals surface area contributed by atoms with Crippen LogP contribution in [0.1, 0.15) is 58.8 Å². The number of likely N-dealkylation sites (tertiary alicyclic amines) is 1. The highest BCUT2D eigenvalue weighted by molar-refractivity contribution is 5.82. The Balaban J connectivity index is 1.69. The van der Waals surface area contributed by atoms with Crippen molar-refractivity contribution in [3.05, 3.63) is 0 Å². The van der Waals surface area contributed by atoms with Crippen LogP contribution in [0.3, 0.4) is 0 Å². The van der Waals surface area contributed by atoms with Gasteiger partial charge in [-0.1, -0.05) is 32.6 Å². The fourth-order valence-electron chi connectivity index (χ4n) is 3.47. The van der Waals surface area contributed by atoms with Gasteiger partial charge in [0.25, 0.3) is 0 Å². The Bertz CT molecular complexity index is 258. The number of hydrogen-bond acceptors (Lipinski definition) is 2. The minimum Gasteiger partial charge on any atom is -0.300 e. The summed E-state index contributed by atoms with van der Waals surface area (Å²) in [7, 11) is 0. The number of nitrogens with zero attached hydrogens (tertiary/aromatic N) is 1. The van der Waals surface area contributed by atoms with E-state index in [1.165, 1.54) is 45.1 Å². The summed E-state index contributed by atoms with van der Waals surface area (Å²) >= 11 is 0. The molecule has 98 valence electrons. The maximum Gasteiger partial charge on any atom is 0.138 e. The van der Waals surface area contributed by atoms with E-state index in [0.29, 0.717) is 11.8 Å². The van der Waals surface area contributed by atoms with Crippen LogP contribution in [0.2, 0.25) is 0 Å². The van der Waals surface area contributed by atoms with Gasteiger partial charge in [-0.2, -0.15) is 0 Å². The van der Waals surface area contributed by atoms with Gasteiger partial charge >= 0.3 is 0 Å². The van der Waals surface area contributed by atoms with Crippen molar-refractivity contribution >= 4 is 5.78 Å². The molecule has 0 radical (unpaired) electrons. The van der Waals surface area contributed by atoms with Crippen LogP contribution in [-0.2, 0) is 4.79 Å². The standard InChI is InChI=1S/C15H27NO/c1-12-13(2)16(11-9-15(12)17)10-5-8-14-6-3-4-7-14/h12-14H,3-11H2,1-2H3. The predicted molar refractivity (Wildman–Crippen MR) is 71.0 cm³/mol. The molecule has 2 atom stereocenters. The third-order valence-electron chi connectivity index (χ3n) is 4.99. The van der Waals surface area contributed by atoms with Crippen LogP contribution in [0.25, 0.3) is 0 Å². The van der Waals surface area contributed by atoms with E-state index in [4.69, 9.17) is 0 Å². The predicted octanol–water partition coefficient (Wildman–Crippen LogP) is 3.26. The van der Waals surface area contributed by atoms with Crippen LogP contribution >= 0.6 is 0 Å². The summed E-state index contributed by atoms with van der Waals surface area (Å²) in [6, 6.07) is 0.458. The van der Waals surface area contributed by atoms with Gasteiger partial charge in [0.1, 0.15) is 5.78 Å². The van der Waals surface area contributed by atoms with Gasteiger partial charge in [0.05, 0.1) is 0 Å². The molecular weight excluding hydrogens is 210 g/mol.